The SMILES string of the molecule is CN(c1cccc(C(=O)Nc2cccc(Br)c2)c1)S(C)(=O)=O. The molecule has 0 saturated carbocycles. The van der Waals surface area contributed by atoms with Crippen molar-refractivity contribution < 1.29 is 13.2 Å². The van der Waals surface area contributed by atoms with Crippen molar-refractivity contribution in [1.29, 1.82) is 0 Å². The number of sulfonamides is 1. The molecule has 0 spiro atoms. The molecule has 2 rings (SSSR count). The molecule has 0 radical (unpaired) electrons. The largest absolute Gasteiger partial charge is 0.322 e. The van der Waals surface area contributed by atoms with Gasteiger partial charge >= 0.3 is 0 Å². The number of amides is 1. The Morgan fingerprint density at radius 2 is 1.82 bits per heavy atom. The van der Waals surface area contributed by atoms with Gasteiger partial charge in [0.2, 0.25) is 10.0 Å². The van der Waals surface area contributed by atoms with Crippen LogP contribution in [0.1, 0.15) is 10.4 Å². The van der Waals surface area contributed by atoms with E-state index in [0.29, 0.717) is 16.9 Å². The first-order valence-corrected chi connectivity index (χ1v) is 9.02. The Morgan fingerprint density at radius 3 is 2.45 bits per heavy atom. The molecule has 5 nitrogen and oxygen atoms in total. The van der Waals surface area contributed by atoms with Gasteiger partial charge in [-0.3, -0.25) is 9.10 Å². The summed E-state index contributed by atoms with van der Waals surface area (Å²) in [6.07, 6.45) is 1.11. The van der Waals surface area contributed by atoms with E-state index in [1.807, 2.05) is 12.1 Å². The van der Waals surface area contributed by atoms with Crippen LogP contribution in [0.3, 0.4) is 0 Å². The zero-order valence-corrected chi connectivity index (χ0v) is 14.5. The minimum Gasteiger partial charge on any atom is -0.322 e. The van der Waals surface area contributed by atoms with E-state index in [1.54, 1.807) is 30.3 Å². The number of benzene rings is 2. The van der Waals surface area contributed by atoms with Gasteiger partial charge < -0.3 is 5.32 Å². The van der Waals surface area contributed by atoms with Crippen molar-refractivity contribution in [1.82, 2.24) is 0 Å². The Morgan fingerprint density at radius 1 is 1.14 bits per heavy atom. The third-order valence-electron chi connectivity index (χ3n) is 3.05. The minimum absolute atomic E-state index is 0.304. The van der Waals surface area contributed by atoms with Crippen LogP contribution in [0.4, 0.5) is 11.4 Å². The summed E-state index contributed by atoms with van der Waals surface area (Å²) in [4.78, 5) is 12.3. The summed E-state index contributed by atoms with van der Waals surface area (Å²) in [5.74, 6) is -0.304. The number of carbonyl (C=O) groups excluding carboxylic acids is 1. The molecule has 0 fully saturated rings. The van der Waals surface area contributed by atoms with Gasteiger partial charge in [0.25, 0.3) is 5.91 Å². The second-order valence-corrected chi connectivity index (χ2v) is 7.67. The Hall–Kier alpha value is -1.86. The fraction of sp³-hybridized carbons (Fsp3) is 0.133. The molecule has 2 aromatic carbocycles. The Kier molecular flexibility index (Phi) is 4.87. The summed E-state index contributed by atoms with van der Waals surface area (Å²) in [5.41, 5.74) is 1.47. The first kappa shape index (κ1) is 16.5. The predicted octanol–water partition coefficient (Wildman–Crippen LogP) is 3.10. The van der Waals surface area contributed by atoms with Crippen LogP contribution in [0.2, 0.25) is 0 Å². The van der Waals surface area contributed by atoms with Crippen LogP contribution < -0.4 is 9.62 Å². The van der Waals surface area contributed by atoms with Crippen molar-refractivity contribution in [3.05, 3.63) is 58.6 Å². The second kappa shape index (κ2) is 6.50. The quantitative estimate of drug-likeness (QED) is 0.883. The smallest absolute Gasteiger partial charge is 0.255 e. The summed E-state index contributed by atoms with van der Waals surface area (Å²) < 4.78 is 25.1. The average Bonchev–Trinajstić information content (AvgIpc) is 2.45. The van der Waals surface area contributed by atoms with E-state index >= 15 is 0 Å². The lowest BCUT2D eigenvalue weighted by atomic mass is 10.2. The third kappa shape index (κ3) is 4.08. The van der Waals surface area contributed by atoms with Crippen molar-refractivity contribution >= 4 is 43.2 Å². The monoisotopic (exact) mass is 382 g/mol. The average molecular weight is 383 g/mol. The fourth-order valence-corrected chi connectivity index (χ4v) is 2.70. The van der Waals surface area contributed by atoms with Crippen LogP contribution in [-0.4, -0.2) is 27.6 Å². The summed E-state index contributed by atoms with van der Waals surface area (Å²) >= 11 is 3.34. The normalized spacial score (nSPS) is 11.0. The summed E-state index contributed by atoms with van der Waals surface area (Å²) in [6, 6.07) is 13.7. The van der Waals surface area contributed by atoms with Crippen LogP contribution in [-0.2, 0) is 10.0 Å². The van der Waals surface area contributed by atoms with Crippen molar-refractivity contribution in [3.63, 3.8) is 0 Å². The number of anilines is 2. The van der Waals surface area contributed by atoms with Crippen LogP contribution >= 0.6 is 15.9 Å². The van der Waals surface area contributed by atoms with E-state index in [1.165, 1.54) is 13.1 Å². The molecular weight excluding hydrogens is 368 g/mol. The molecule has 116 valence electrons. The first-order chi connectivity index (χ1) is 10.3. The van der Waals surface area contributed by atoms with E-state index in [-0.39, 0.29) is 5.91 Å². The molecule has 0 aliphatic carbocycles. The number of hydrogen-bond donors (Lipinski definition) is 1. The highest BCUT2D eigenvalue weighted by Gasteiger charge is 2.14. The highest BCUT2D eigenvalue weighted by Crippen LogP contribution is 2.20. The van der Waals surface area contributed by atoms with E-state index in [0.717, 1.165) is 15.0 Å². The van der Waals surface area contributed by atoms with Crippen molar-refractivity contribution in [2.45, 2.75) is 0 Å². The van der Waals surface area contributed by atoms with Gasteiger partial charge in [-0.1, -0.05) is 28.1 Å². The molecule has 0 aliphatic rings. The number of carbonyl (C=O) groups is 1. The minimum atomic E-state index is -3.37. The van der Waals surface area contributed by atoms with Crippen molar-refractivity contribution in [3.8, 4) is 0 Å². The lowest BCUT2D eigenvalue weighted by Crippen LogP contribution is -2.25. The van der Waals surface area contributed by atoms with Gasteiger partial charge in [0.15, 0.2) is 0 Å². The van der Waals surface area contributed by atoms with Gasteiger partial charge in [0.1, 0.15) is 0 Å². The second-order valence-electron chi connectivity index (χ2n) is 4.75. The molecule has 22 heavy (non-hydrogen) atoms. The maximum absolute atomic E-state index is 12.3. The molecule has 1 N–H and O–H groups in total. The zero-order valence-electron chi connectivity index (χ0n) is 12.1. The molecule has 0 unspecified atom stereocenters. The fourth-order valence-electron chi connectivity index (χ4n) is 1.80. The standard InChI is InChI=1S/C15H15BrN2O3S/c1-18(22(2,20)21)14-8-3-5-11(9-14)15(19)17-13-7-4-6-12(16)10-13/h3-10H,1-2H3,(H,17,19). The van der Waals surface area contributed by atoms with E-state index in [9.17, 15) is 13.2 Å². The maximum atomic E-state index is 12.3. The highest BCUT2D eigenvalue weighted by molar-refractivity contribution is 9.10. The van der Waals surface area contributed by atoms with Gasteiger partial charge in [0, 0.05) is 22.8 Å². The Balaban J connectivity index is 2.24. The number of halogens is 1. The lowest BCUT2D eigenvalue weighted by molar-refractivity contribution is 0.102. The van der Waals surface area contributed by atoms with Gasteiger partial charge in [0.05, 0.1) is 11.9 Å². The van der Waals surface area contributed by atoms with Crippen LogP contribution in [0.5, 0.6) is 0 Å². The van der Waals surface area contributed by atoms with Gasteiger partial charge in [-0.25, -0.2) is 8.42 Å². The predicted molar refractivity (Wildman–Crippen MR) is 91.8 cm³/mol. The van der Waals surface area contributed by atoms with E-state index in [2.05, 4.69) is 21.2 Å². The summed E-state index contributed by atoms with van der Waals surface area (Å²) in [7, 11) is -1.92. The molecule has 0 atom stereocenters. The molecule has 0 aliphatic heterocycles. The molecule has 0 saturated heterocycles. The van der Waals surface area contributed by atoms with Gasteiger partial charge in [-0.05, 0) is 36.4 Å². The number of hydrogen-bond acceptors (Lipinski definition) is 3. The Labute approximate surface area is 138 Å². The molecule has 0 bridgehead atoms. The lowest BCUT2D eigenvalue weighted by Gasteiger charge is -2.17. The summed E-state index contributed by atoms with van der Waals surface area (Å²) in [6.45, 7) is 0. The topological polar surface area (TPSA) is 66.5 Å². The van der Waals surface area contributed by atoms with Gasteiger partial charge in [-0.2, -0.15) is 0 Å². The zero-order chi connectivity index (χ0) is 16.3. The van der Waals surface area contributed by atoms with Gasteiger partial charge in [-0.15, -0.1) is 0 Å². The summed E-state index contributed by atoms with van der Waals surface area (Å²) in [5, 5.41) is 2.77. The molecule has 0 aromatic heterocycles. The molecule has 0 heterocycles. The molecule has 2 aromatic rings. The molecular formula is C15H15BrN2O3S. The van der Waals surface area contributed by atoms with Crippen LogP contribution in [0, 0.1) is 0 Å². The van der Waals surface area contributed by atoms with Crippen LogP contribution in [0.15, 0.2) is 53.0 Å². The van der Waals surface area contributed by atoms with Crippen molar-refractivity contribution in [2.24, 2.45) is 0 Å². The molecule has 1 amide bonds. The van der Waals surface area contributed by atoms with E-state index in [4.69, 9.17) is 0 Å². The van der Waals surface area contributed by atoms with Crippen LogP contribution in [0.25, 0.3) is 0 Å². The van der Waals surface area contributed by atoms with E-state index < -0.39 is 10.0 Å². The number of rotatable bonds is 4. The number of nitrogens with one attached hydrogen (secondary N) is 1. The molecule has 7 heteroatoms. The first-order valence-electron chi connectivity index (χ1n) is 6.38. The number of nitrogens with zero attached hydrogens (tertiary/aromatic N) is 1. The van der Waals surface area contributed by atoms with Crippen molar-refractivity contribution in [2.75, 3.05) is 22.9 Å². The highest BCUT2D eigenvalue weighted by atomic mass is 79.9. The third-order valence-corrected chi connectivity index (χ3v) is 4.75. The maximum Gasteiger partial charge on any atom is 0.255 e. The Bertz CT molecular complexity index is 806.